The molecule has 0 aliphatic carbocycles. The van der Waals surface area contributed by atoms with Gasteiger partial charge in [-0.1, -0.05) is 19.9 Å². The predicted molar refractivity (Wildman–Crippen MR) is 85.7 cm³/mol. The lowest BCUT2D eigenvalue weighted by Crippen LogP contribution is -2.41. The molecule has 2 aromatic rings. The van der Waals surface area contributed by atoms with E-state index in [1.807, 2.05) is 23.1 Å². The molecule has 4 nitrogen and oxygen atoms in total. The standard InChI is InChI=1S/C16H20ClN3O/c1-3-12(4-2)20(11-8-17)16(21)13-6-5-7-14-15(13)19-10-9-18-14/h5-7,9-10,12H,3-4,8,11H2,1-2H3. The van der Waals surface area contributed by atoms with Crippen LogP contribution in [0, 0.1) is 0 Å². The molecule has 1 heterocycles. The van der Waals surface area contributed by atoms with Gasteiger partial charge in [0.25, 0.3) is 5.91 Å². The molecule has 0 fully saturated rings. The van der Waals surface area contributed by atoms with Gasteiger partial charge in [-0.15, -0.1) is 11.6 Å². The van der Waals surface area contributed by atoms with Crippen molar-refractivity contribution in [3.8, 4) is 0 Å². The van der Waals surface area contributed by atoms with E-state index in [-0.39, 0.29) is 11.9 Å². The summed E-state index contributed by atoms with van der Waals surface area (Å²) in [6.07, 6.45) is 5.07. The van der Waals surface area contributed by atoms with Crippen LogP contribution >= 0.6 is 11.6 Å². The molecule has 0 radical (unpaired) electrons. The fourth-order valence-electron chi connectivity index (χ4n) is 2.59. The molecule has 0 saturated heterocycles. The third kappa shape index (κ3) is 3.32. The fourth-order valence-corrected chi connectivity index (χ4v) is 2.77. The highest BCUT2D eigenvalue weighted by molar-refractivity contribution is 6.18. The zero-order valence-electron chi connectivity index (χ0n) is 12.4. The zero-order valence-corrected chi connectivity index (χ0v) is 13.2. The third-order valence-electron chi connectivity index (χ3n) is 3.70. The predicted octanol–water partition coefficient (Wildman–Crippen LogP) is 3.50. The van der Waals surface area contributed by atoms with Crippen molar-refractivity contribution in [2.24, 2.45) is 0 Å². The molecule has 1 aromatic carbocycles. The summed E-state index contributed by atoms with van der Waals surface area (Å²) in [4.78, 5) is 23.3. The normalized spacial score (nSPS) is 11.0. The number of rotatable bonds is 6. The Balaban J connectivity index is 2.43. The van der Waals surface area contributed by atoms with E-state index >= 15 is 0 Å². The van der Waals surface area contributed by atoms with Crippen molar-refractivity contribution in [1.82, 2.24) is 14.9 Å². The first-order chi connectivity index (χ1) is 10.2. The fraction of sp³-hybridized carbons (Fsp3) is 0.438. The first-order valence-electron chi connectivity index (χ1n) is 7.29. The van der Waals surface area contributed by atoms with E-state index < -0.39 is 0 Å². The van der Waals surface area contributed by atoms with Crippen LogP contribution in [0.4, 0.5) is 0 Å². The molecule has 5 heteroatoms. The first-order valence-corrected chi connectivity index (χ1v) is 7.83. The Kier molecular flexibility index (Phi) is 5.51. The summed E-state index contributed by atoms with van der Waals surface area (Å²) < 4.78 is 0. The van der Waals surface area contributed by atoms with E-state index in [1.54, 1.807) is 12.4 Å². The summed E-state index contributed by atoms with van der Waals surface area (Å²) in [6.45, 7) is 4.72. The Morgan fingerprint density at radius 3 is 2.62 bits per heavy atom. The lowest BCUT2D eigenvalue weighted by molar-refractivity contribution is 0.0683. The average Bonchev–Trinajstić information content (AvgIpc) is 2.54. The van der Waals surface area contributed by atoms with E-state index in [1.165, 1.54) is 0 Å². The van der Waals surface area contributed by atoms with Crippen LogP contribution in [0.1, 0.15) is 37.0 Å². The van der Waals surface area contributed by atoms with Crippen molar-refractivity contribution >= 4 is 28.5 Å². The second-order valence-electron chi connectivity index (χ2n) is 4.89. The largest absolute Gasteiger partial charge is 0.334 e. The summed E-state index contributed by atoms with van der Waals surface area (Å²) >= 11 is 5.88. The van der Waals surface area contributed by atoms with Gasteiger partial charge < -0.3 is 4.90 Å². The topological polar surface area (TPSA) is 46.1 Å². The maximum Gasteiger partial charge on any atom is 0.256 e. The van der Waals surface area contributed by atoms with Crippen molar-refractivity contribution in [3.05, 3.63) is 36.2 Å². The lowest BCUT2D eigenvalue weighted by Gasteiger charge is -2.30. The van der Waals surface area contributed by atoms with Crippen molar-refractivity contribution in [3.63, 3.8) is 0 Å². The Bertz CT molecular complexity index is 608. The monoisotopic (exact) mass is 305 g/mol. The number of halogens is 1. The zero-order chi connectivity index (χ0) is 15.2. The molecule has 2 rings (SSSR count). The van der Waals surface area contributed by atoms with Gasteiger partial charge in [0.1, 0.15) is 5.52 Å². The molecule has 0 aliphatic heterocycles. The molecule has 0 unspecified atom stereocenters. The van der Waals surface area contributed by atoms with Gasteiger partial charge in [-0.05, 0) is 25.0 Å². The average molecular weight is 306 g/mol. The molecule has 112 valence electrons. The second kappa shape index (κ2) is 7.36. The highest BCUT2D eigenvalue weighted by Gasteiger charge is 2.23. The van der Waals surface area contributed by atoms with E-state index in [4.69, 9.17) is 11.6 Å². The SMILES string of the molecule is CCC(CC)N(CCCl)C(=O)c1cccc2nccnc12. The summed E-state index contributed by atoms with van der Waals surface area (Å²) in [5, 5.41) is 0. The first kappa shape index (κ1) is 15.7. The van der Waals surface area contributed by atoms with E-state index in [2.05, 4.69) is 23.8 Å². The van der Waals surface area contributed by atoms with E-state index in [0.717, 1.165) is 18.4 Å². The number of carbonyl (C=O) groups excluding carboxylic acids is 1. The molecule has 0 saturated carbocycles. The minimum absolute atomic E-state index is 0.0181. The quantitative estimate of drug-likeness (QED) is 0.767. The van der Waals surface area contributed by atoms with Gasteiger partial charge in [0, 0.05) is 30.9 Å². The van der Waals surface area contributed by atoms with Crippen LogP contribution in [-0.4, -0.2) is 39.2 Å². The molecule has 0 N–H and O–H groups in total. The smallest absolute Gasteiger partial charge is 0.256 e. The summed E-state index contributed by atoms with van der Waals surface area (Å²) in [7, 11) is 0. The Morgan fingerprint density at radius 1 is 1.24 bits per heavy atom. The van der Waals surface area contributed by atoms with Gasteiger partial charge in [-0.3, -0.25) is 14.8 Å². The lowest BCUT2D eigenvalue weighted by atomic mass is 10.1. The number of nitrogens with zero attached hydrogens (tertiary/aromatic N) is 3. The van der Waals surface area contributed by atoms with Gasteiger partial charge >= 0.3 is 0 Å². The second-order valence-corrected chi connectivity index (χ2v) is 5.27. The molecule has 21 heavy (non-hydrogen) atoms. The van der Waals surface area contributed by atoms with E-state index in [9.17, 15) is 4.79 Å². The number of carbonyl (C=O) groups is 1. The minimum Gasteiger partial charge on any atom is -0.334 e. The van der Waals surface area contributed by atoms with Crippen LogP contribution < -0.4 is 0 Å². The highest BCUT2D eigenvalue weighted by atomic mass is 35.5. The van der Waals surface area contributed by atoms with Gasteiger partial charge in [-0.2, -0.15) is 0 Å². The van der Waals surface area contributed by atoms with Crippen LogP contribution in [0.3, 0.4) is 0 Å². The number of fused-ring (bicyclic) bond motifs is 1. The Labute approximate surface area is 130 Å². The number of benzene rings is 1. The maximum atomic E-state index is 12.9. The van der Waals surface area contributed by atoms with E-state index in [0.29, 0.717) is 23.5 Å². The summed E-state index contributed by atoms with van der Waals surface area (Å²) in [6, 6.07) is 5.71. The summed E-state index contributed by atoms with van der Waals surface area (Å²) in [5.74, 6) is 0.411. The van der Waals surface area contributed by atoms with Gasteiger partial charge in [0.05, 0.1) is 11.1 Å². The highest BCUT2D eigenvalue weighted by Crippen LogP contribution is 2.19. The van der Waals surface area contributed by atoms with Crippen molar-refractivity contribution < 1.29 is 4.79 Å². The molecular weight excluding hydrogens is 286 g/mol. The van der Waals surface area contributed by atoms with Crippen molar-refractivity contribution in [2.75, 3.05) is 12.4 Å². The molecule has 0 spiro atoms. The molecular formula is C16H20ClN3O. The van der Waals surface area contributed by atoms with Crippen molar-refractivity contribution in [2.45, 2.75) is 32.7 Å². The number of amides is 1. The van der Waals surface area contributed by atoms with Crippen LogP contribution in [0.25, 0.3) is 11.0 Å². The Hall–Kier alpha value is -1.68. The molecule has 0 bridgehead atoms. The minimum atomic E-state index is -0.0181. The molecule has 0 atom stereocenters. The van der Waals surface area contributed by atoms with Crippen molar-refractivity contribution in [1.29, 1.82) is 0 Å². The maximum absolute atomic E-state index is 12.9. The summed E-state index contributed by atoms with van der Waals surface area (Å²) in [5.41, 5.74) is 1.98. The molecule has 1 amide bonds. The van der Waals surface area contributed by atoms with Crippen LogP contribution in [0.2, 0.25) is 0 Å². The number of para-hydroxylation sites is 1. The molecule has 1 aromatic heterocycles. The molecule has 0 aliphatic rings. The third-order valence-corrected chi connectivity index (χ3v) is 3.87. The van der Waals surface area contributed by atoms with Gasteiger partial charge in [-0.25, -0.2) is 0 Å². The number of hydrogen-bond donors (Lipinski definition) is 0. The van der Waals surface area contributed by atoms with Crippen LogP contribution in [0.5, 0.6) is 0 Å². The van der Waals surface area contributed by atoms with Crippen LogP contribution in [-0.2, 0) is 0 Å². The van der Waals surface area contributed by atoms with Crippen LogP contribution in [0.15, 0.2) is 30.6 Å². The Morgan fingerprint density at radius 2 is 1.95 bits per heavy atom. The number of hydrogen-bond acceptors (Lipinski definition) is 3. The number of aromatic nitrogens is 2. The number of alkyl halides is 1. The van der Waals surface area contributed by atoms with Gasteiger partial charge in [0.15, 0.2) is 0 Å². The van der Waals surface area contributed by atoms with Gasteiger partial charge in [0.2, 0.25) is 0 Å².